The molecule has 15 heavy (non-hydrogen) atoms. The first-order valence-electron chi connectivity index (χ1n) is 5.46. The number of carbonyl (C=O) groups is 2. The molecule has 84 valence electrons. The van der Waals surface area contributed by atoms with E-state index in [1.165, 1.54) is 0 Å². The van der Waals surface area contributed by atoms with Gasteiger partial charge in [-0.15, -0.1) is 0 Å². The predicted molar refractivity (Wildman–Crippen MR) is 59.7 cm³/mol. The molecule has 0 aromatic carbocycles. The van der Waals surface area contributed by atoms with E-state index in [0.717, 1.165) is 18.4 Å². The summed E-state index contributed by atoms with van der Waals surface area (Å²) in [6.45, 7) is 6.17. The van der Waals surface area contributed by atoms with E-state index in [0.29, 0.717) is 12.1 Å². The van der Waals surface area contributed by atoms with Gasteiger partial charge in [-0.05, 0) is 27.3 Å². The summed E-state index contributed by atoms with van der Waals surface area (Å²) in [5.41, 5.74) is 1.41. The molecule has 0 aromatic rings. The molecular formula is C12H19NO2. The summed E-state index contributed by atoms with van der Waals surface area (Å²) >= 11 is 0. The smallest absolute Gasteiger partial charge is 0.183 e. The summed E-state index contributed by atoms with van der Waals surface area (Å²) in [4.78, 5) is 25.5. The van der Waals surface area contributed by atoms with Crippen LogP contribution in [0.15, 0.2) is 11.1 Å². The van der Waals surface area contributed by atoms with E-state index in [2.05, 4.69) is 6.92 Å². The second-order valence-electron chi connectivity index (χ2n) is 4.28. The van der Waals surface area contributed by atoms with Gasteiger partial charge in [-0.3, -0.25) is 14.5 Å². The number of rotatable bonds is 2. The minimum atomic E-state index is -0.162. The van der Waals surface area contributed by atoms with Gasteiger partial charge < -0.3 is 0 Å². The van der Waals surface area contributed by atoms with Gasteiger partial charge in [-0.2, -0.15) is 0 Å². The topological polar surface area (TPSA) is 37.4 Å². The molecule has 1 aliphatic heterocycles. The molecule has 1 aliphatic rings. The maximum Gasteiger partial charge on any atom is 0.183 e. The second-order valence-corrected chi connectivity index (χ2v) is 4.28. The van der Waals surface area contributed by atoms with Crippen LogP contribution in [0.2, 0.25) is 0 Å². The molecule has 0 N–H and O–H groups in total. The van der Waals surface area contributed by atoms with E-state index in [9.17, 15) is 9.59 Å². The molecule has 1 fully saturated rings. The highest BCUT2D eigenvalue weighted by atomic mass is 16.2. The highest BCUT2D eigenvalue weighted by Crippen LogP contribution is 2.20. The number of hydrogen-bond donors (Lipinski definition) is 0. The van der Waals surface area contributed by atoms with Crippen molar-refractivity contribution >= 4 is 11.6 Å². The summed E-state index contributed by atoms with van der Waals surface area (Å²) < 4.78 is 0. The fourth-order valence-electron chi connectivity index (χ4n) is 1.94. The van der Waals surface area contributed by atoms with Gasteiger partial charge in [0.15, 0.2) is 11.6 Å². The molecule has 1 atom stereocenters. The number of piperidine rings is 1. The zero-order chi connectivity index (χ0) is 11.6. The van der Waals surface area contributed by atoms with Crippen LogP contribution in [-0.2, 0) is 9.59 Å². The van der Waals surface area contributed by atoms with Gasteiger partial charge in [0, 0.05) is 0 Å². The van der Waals surface area contributed by atoms with Crippen LogP contribution < -0.4 is 0 Å². The first kappa shape index (κ1) is 12.1. The quantitative estimate of drug-likeness (QED) is 0.512. The van der Waals surface area contributed by atoms with Gasteiger partial charge in [0.1, 0.15) is 0 Å². The summed E-state index contributed by atoms with van der Waals surface area (Å²) in [5.74, 6) is -0.0359. The third kappa shape index (κ3) is 2.34. The summed E-state index contributed by atoms with van der Waals surface area (Å²) in [5, 5.41) is 0. The molecule has 0 aliphatic carbocycles. The fraction of sp³-hybridized carbons (Fsp3) is 0.667. The minimum absolute atomic E-state index is 0.0142. The summed E-state index contributed by atoms with van der Waals surface area (Å²) in [6, 6.07) is -0.162. The van der Waals surface area contributed by atoms with Gasteiger partial charge in [-0.1, -0.05) is 18.9 Å². The number of likely N-dealkylation sites (N-methyl/N-ethyl adjacent to an activating group) is 1. The maximum absolute atomic E-state index is 11.9. The first-order chi connectivity index (χ1) is 6.99. The number of ketones is 2. The van der Waals surface area contributed by atoms with Crippen molar-refractivity contribution in [3.05, 3.63) is 11.1 Å². The van der Waals surface area contributed by atoms with Crippen LogP contribution in [0.5, 0.6) is 0 Å². The Morgan fingerprint density at radius 3 is 2.60 bits per heavy atom. The lowest BCUT2D eigenvalue weighted by atomic mass is 9.90. The van der Waals surface area contributed by atoms with Crippen LogP contribution in [0.25, 0.3) is 0 Å². The van der Waals surface area contributed by atoms with E-state index < -0.39 is 0 Å². The molecule has 0 amide bonds. The minimum Gasteiger partial charge on any atom is -0.293 e. The number of carbonyl (C=O) groups excluding carboxylic acids is 2. The highest BCUT2D eigenvalue weighted by molar-refractivity contribution is 6.24. The molecule has 1 saturated heterocycles. The van der Waals surface area contributed by atoms with Crippen molar-refractivity contribution in [2.24, 2.45) is 0 Å². The zero-order valence-corrected chi connectivity index (χ0v) is 9.96. The van der Waals surface area contributed by atoms with Crippen LogP contribution in [0, 0.1) is 0 Å². The Morgan fingerprint density at radius 2 is 2.07 bits per heavy atom. The molecule has 1 heterocycles. The Morgan fingerprint density at radius 1 is 1.47 bits per heavy atom. The van der Waals surface area contributed by atoms with E-state index >= 15 is 0 Å². The summed E-state index contributed by atoms with van der Waals surface area (Å²) in [6.07, 6.45) is 1.81. The van der Waals surface area contributed by atoms with Crippen molar-refractivity contribution in [3.8, 4) is 0 Å². The molecular weight excluding hydrogens is 190 g/mol. The molecule has 3 heteroatoms. The summed E-state index contributed by atoms with van der Waals surface area (Å²) in [7, 11) is 1.81. The molecule has 0 aromatic heterocycles. The Bertz CT molecular complexity index is 318. The lowest BCUT2D eigenvalue weighted by Gasteiger charge is -2.29. The average Bonchev–Trinajstić information content (AvgIpc) is 2.15. The zero-order valence-electron chi connectivity index (χ0n) is 9.96. The van der Waals surface area contributed by atoms with E-state index in [4.69, 9.17) is 0 Å². The third-order valence-electron chi connectivity index (χ3n) is 3.01. The number of allylic oxidation sites excluding steroid dienone is 1. The van der Waals surface area contributed by atoms with E-state index in [1.807, 2.05) is 20.9 Å². The first-order valence-corrected chi connectivity index (χ1v) is 5.46. The van der Waals surface area contributed by atoms with Crippen molar-refractivity contribution in [1.82, 2.24) is 4.90 Å². The number of nitrogens with zero attached hydrogens (tertiary/aromatic N) is 1. The average molecular weight is 209 g/mol. The molecule has 1 rings (SSSR count). The van der Waals surface area contributed by atoms with Crippen molar-refractivity contribution in [2.45, 2.75) is 39.7 Å². The van der Waals surface area contributed by atoms with Gasteiger partial charge >= 0.3 is 0 Å². The van der Waals surface area contributed by atoms with E-state index in [1.54, 1.807) is 4.90 Å². The molecule has 1 unspecified atom stereocenters. The van der Waals surface area contributed by atoms with Gasteiger partial charge in [0.05, 0.1) is 18.2 Å². The number of likely N-dealkylation sites (tertiary alicyclic amines) is 1. The normalized spacial score (nSPS) is 27.1. The monoisotopic (exact) mass is 209 g/mol. The van der Waals surface area contributed by atoms with Crippen LogP contribution in [-0.4, -0.2) is 36.1 Å². The molecule has 0 bridgehead atoms. The Balaban J connectivity index is 3.02. The van der Waals surface area contributed by atoms with Gasteiger partial charge in [-0.25, -0.2) is 0 Å². The Hall–Kier alpha value is -0.960. The molecule has 0 saturated carbocycles. The van der Waals surface area contributed by atoms with Crippen molar-refractivity contribution in [3.63, 3.8) is 0 Å². The van der Waals surface area contributed by atoms with Crippen LogP contribution in [0.4, 0.5) is 0 Å². The third-order valence-corrected chi connectivity index (χ3v) is 3.01. The Kier molecular flexibility index (Phi) is 3.80. The lowest BCUT2D eigenvalue weighted by molar-refractivity contribution is -0.129. The standard InChI is InChI=1S/C12H19NO2/c1-5-6-8(2)11-10(14)7-13(4)9(3)12(11)15/h9H,5-7H2,1-4H3/b11-8-. The Labute approximate surface area is 91.1 Å². The van der Waals surface area contributed by atoms with Crippen LogP contribution in [0.3, 0.4) is 0 Å². The fourth-order valence-corrected chi connectivity index (χ4v) is 1.94. The second kappa shape index (κ2) is 4.71. The molecule has 0 spiro atoms. The predicted octanol–water partition coefficient (Wildman–Crippen LogP) is 1.58. The molecule has 0 radical (unpaired) electrons. The van der Waals surface area contributed by atoms with Crippen LogP contribution in [0.1, 0.15) is 33.6 Å². The largest absolute Gasteiger partial charge is 0.293 e. The molecule has 3 nitrogen and oxygen atoms in total. The van der Waals surface area contributed by atoms with Gasteiger partial charge in [0.25, 0.3) is 0 Å². The number of hydrogen-bond acceptors (Lipinski definition) is 3. The van der Waals surface area contributed by atoms with Crippen molar-refractivity contribution in [1.29, 1.82) is 0 Å². The highest BCUT2D eigenvalue weighted by Gasteiger charge is 2.33. The van der Waals surface area contributed by atoms with Crippen LogP contribution >= 0.6 is 0 Å². The van der Waals surface area contributed by atoms with Crippen molar-refractivity contribution in [2.75, 3.05) is 13.6 Å². The lowest BCUT2D eigenvalue weighted by Crippen LogP contribution is -2.47. The number of Topliss-reactive ketones (excluding diaryl/α,β-unsaturated/α-hetero) is 2. The van der Waals surface area contributed by atoms with Crippen molar-refractivity contribution < 1.29 is 9.59 Å². The SMILES string of the molecule is CCC/C(C)=C1/C(=O)CN(C)C(C)C1=O. The van der Waals surface area contributed by atoms with Gasteiger partial charge in [0.2, 0.25) is 0 Å². The maximum atomic E-state index is 11.9. The van der Waals surface area contributed by atoms with E-state index in [-0.39, 0.29) is 17.6 Å².